The number of likely N-dealkylation sites (tertiary alicyclic amines) is 2. The van der Waals surface area contributed by atoms with Crippen molar-refractivity contribution in [2.75, 3.05) is 34.5 Å². The molecule has 10 rings (SSSR count). The number of amides is 4. The van der Waals surface area contributed by atoms with Crippen molar-refractivity contribution in [3.05, 3.63) is 102 Å². The van der Waals surface area contributed by atoms with Gasteiger partial charge in [0.25, 0.3) is 5.91 Å². The zero-order valence-corrected chi connectivity index (χ0v) is 36.9. The Kier molecular flexibility index (Phi) is 10.9. The Morgan fingerprint density at radius 1 is 0.846 bits per heavy atom. The molecule has 1 aliphatic carbocycles. The van der Waals surface area contributed by atoms with Gasteiger partial charge in [-0.3, -0.25) is 9.59 Å². The summed E-state index contributed by atoms with van der Waals surface area (Å²) in [6.07, 6.45) is 2.87. The average molecular weight is 881 g/mol. The molecular weight excluding hydrogens is 829 g/mol. The van der Waals surface area contributed by atoms with Crippen LogP contribution in [0.4, 0.5) is 9.59 Å². The Morgan fingerprint density at radius 3 is 2.42 bits per heavy atom. The molecule has 6 aromatic rings. The molecule has 16 heteroatoms. The van der Waals surface area contributed by atoms with Gasteiger partial charge in [0.1, 0.15) is 36.1 Å². The highest BCUT2D eigenvalue weighted by Gasteiger charge is 2.56. The fraction of sp³-hybridized carbons (Fsp3) is 0.388. The number of nitrogens with zero attached hydrogens (tertiary/aromatic N) is 4. The van der Waals surface area contributed by atoms with E-state index in [-0.39, 0.29) is 41.8 Å². The van der Waals surface area contributed by atoms with E-state index < -0.39 is 24.3 Å². The summed E-state index contributed by atoms with van der Waals surface area (Å²) in [5.74, 6) is 2.12. The summed E-state index contributed by atoms with van der Waals surface area (Å²) in [7, 11) is 4.23. The molecule has 3 aliphatic heterocycles. The van der Waals surface area contributed by atoms with Gasteiger partial charge in [0, 0.05) is 42.1 Å². The van der Waals surface area contributed by atoms with Gasteiger partial charge in [-0.2, -0.15) is 0 Å². The van der Waals surface area contributed by atoms with E-state index in [1.54, 1.807) is 18.2 Å². The summed E-state index contributed by atoms with van der Waals surface area (Å²) in [5, 5.41) is 7.56. The summed E-state index contributed by atoms with van der Waals surface area (Å²) >= 11 is 0. The van der Waals surface area contributed by atoms with Gasteiger partial charge in [0.15, 0.2) is 0 Å². The van der Waals surface area contributed by atoms with E-state index in [9.17, 15) is 19.2 Å². The van der Waals surface area contributed by atoms with E-state index in [0.717, 1.165) is 74.2 Å². The number of hydrogen-bond acceptors (Lipinski definition) is 10. The monoisotopic (exact) mass is 880 g/mol. The number of imidazole rings is 2. The summed E-state index contributed by atoms with van der Waals surface area (Å²) in [4.78, 5) is 73.6. The summed E-state index contributed by atoms with van der Waals surface area (Å²) < 4.78 is 21.7. The largest absolute Gasteiger partial charge is 0.488 e. The van der Waals surface area contributed by atoms with E-state index >= 15 is 0 Å². The van der Waals surface area contributed by atoms with Crippen molar-refractivity contribution in [1.29, 1.82) is 0 Å². The number of H-pyrrole nitrogens is 2. The minimum atomic E-state index is -0.949. The van der Waals surface area contributed by atoms with Crippen LogP contribution >= 0.6 is 0 Å². The van der Waals surface area contributed by atoms with Gasteiger partial charge in [-0.15, -0.1) is 0 Å². The van der Waals surface area contributed by atoms with Crippen LogP contribution in [0.5, 0.6) is 5.75 Å². The van der Waals surface area contributed by atoms with Crippen LogP contribution < -0.4 is 15.4 Å². The molecule has 7 atom stereocenters. The van der Waals surface area contributed by atoms with Gasteiger partial charge >= 0.3 is 12.2 Å². The number of hydrogen-bond donors (Lipinski definition) is 4. The van der Waals surface area contributed by atoms with E-state index in [2.05, 4.69) is 44.9 Å². The quantitative estimate of drug-likeness (QED) is 0.102. The van der Waals surface area contributed by atoms with Gasteiger partial charge in [-0.1, -0.05) is 56.3 Å². The fourth-order valence-electron chi connectivity index (χ4n) is 10.2. The number of piperidine rings is 1. The van der Waals surface area contributed by atoms with Crippen molar-refractivity contribution in [3.8, 4) is 28.1 Å². The molecule has 16 nitrogen and oxygen atoms in total. The van der Waals surface area contributed by atoms with Crippen molar-refractivity contribution in [2.45, 2.75) is 69.9 Å². The van der Waals surface area contributed by atoms with Gasteiger partial charge in [0.05, 0.1) is 55.8 Å². The van der Waals surface area contributed by atoms with Gasteiger partial charge in [-0.25, -0.2) is 19.6 Å². The molecule has 4 N–H and O–H groups in total. The molecule has 3 fully saturated rings. The average Bonchev–Trinajstić information content (AvgIpc) is 3.79. The van der Waals surface area contributed by atoms with E-state index in [1.807, 2.05) is 67.3 Å². The molecule has 0 bridgehead atoms. The zero-order chi connectivity index (χ0) is 45.1. The molecule has 0 unspecified atom stereocenters. The summed E-state index contributed by atoms with van der Waals surface area (Å²) in [6.45, 7) is 5.12. The maximum absolute atomic E-state index is 14.3. The molecule has 0 spiro atoms. The van der Waals surface area contributed by atoms with Gasteiger partial charge in [0.2, 0.25) is 5.91 Å². The highest BCUT2D eigenvalue weighted by Crippen LogP contribution is 2.54. The topological polar surface area (TPSA) is 193 Å². The Morgan fingerprint density at radius 2 is 1.65 bits per heavy atom. The third-order valence-electron chi connectivity index (χ3n) is 13.6. The van der Waals surface area contributed by atoms with E-state index in [1.165, 1.54) is 14.2 Å². The third-order valence-corrected chi connectivity index (χ3v) is 13.6. The number of nitrogens with one attached hydrogen (secondary N) is 4. The van der Waals surface area contributed by atoms with Crippen LogP contribution in [-0.2, 0) is 30.4 Å². The van der Waals surface area contributed by atoms with E-state index in [0.29, 0.717) is 43.5 Å². The number of rotatable bonds is 11. The number of fused-ring (bicyclic) bond motifs is 7. The lowest BCUT2D eigenvalue weighted by Gasteiger charge is -2.31. The number of aromatic amines is 2. The van der Waals surface area contributed by atoms with Gasteiger partial charge in [-0.05, 0) is 83.5 Å². The molecule has 1 saturated carbocycles. The first-order valence-corrected chi connectivity index (χ1v) is 22.2. The number of carbonyl (C=O) groups is 4. The highest BCUT2D eigenvalue weighted by molar-refractivity contribution is 6.06. The maximum Gasteiger partial charge on any atom is 0.407 e. The zero-order valence-electron chi connectivity index (χ0n) is 36.9. The van der Waals surface area contributed by atoms with Crippen LogP contribution in [-0.4, -0.2) is 100 Å². The Bertz CT molecular complexity index is 2820. The molecule has 65 heavy (non-hydrogen) atoms. The van der Waals surface area contributed by atoms with Crippen LogP contribution in [0.3, 0.4) is 0 Å². The molecule has 2 aromatic heterocycles. The van der Waals surface area contributed by atoms with Crippen molar-refractivity contribution in [2.24, 2.45) is 17.8 Å². The minimum absolute atomic E-state index is 0.0661. The van der Waals surface area contributed by atoms with Gasteiger partial charge < -0.3 is 49.3 Å². The van der Waals surface area contributed by atoms with Crippen LogP contribution in [0, 0.1) is 17.8 Å². The van der Waals surface area contributed by atoms with Crippen molar-refractivity contribution >= 4 is 45.8 Å². The predicted molar refractivity (Wildman–Crippen MR) is 240 cm³/mol. The van der Waals surface area contributed by atoms with Crippen LogP contribution in [0.15, 0.2) is 79.0 Å². The molecular formula is C49H52N8O8. The van der Waals surface area contributed by atoms with E-state index in [4.69, 9.17) is 28.9 Å². The first-order valence-electron chi connectivity index (χ1n) is 22.2. The van der Waals surface area contributed by atoms with Crippen LogP contribution in [0.25, 0.3) is 44.2 Å². The number of ether oxygens (including phenoxy) is 4. The fourth-order valence-corrected chi connectivity index (χ4v) is 10.2. The number of alkyl carbamates (subject to hydrolysis) is 2. The number of carbonyl (C=O) groups excluding carboxylic acids is 4. The SMILES string of the molecule is COC[C@H]1C[C@@H](c2ncc(-c3ccc4c(c3)OCc3cc5c(ccc6nc([C@@H]7C[C@@H]8C[C@@H]8N7C(=O)[C@@H](NC(=O)OC)C(C)C)[nH]c65)cc3-4)[nH]2)N(C(=O)[C@H](NC(=O)OC)c2ccccc2)C1. The standard InChI is InChI=1S/C49H52N8O8/c1-25(2)41(54-48(60)63-4)47(59)57-37-18-30(37)19-39(57)45-51-35-14-12-28-16-33-31(17-34(28)43(35)53-45)24-65-40-20-29(11-13-32(33)40)36-21-50-44(52-36)38-15-26(23-62-3)22-56(38)46(58)42(55-49(61)64-5)27-9-7-6-8-10-27/h6-14,16-17,20-21,25-26,30,37-39,41-42H,15,18-19,22-24H2,1-5H3,(H,50,52)(H,51,53)(H,54,60)(H,55,61)/t26-,30-,37-,38-,39-,41-,42+/m0/s1. The molecule has 5 heterocycles. The maximum atomic E-state index is 14.3. The Balaban J connectivity index is 0.908. The minimum Gasteiger partial charge on any atom is -0.488 e. The van der Waals surface area contributed by atoms with Crippen molar-refractivity contribution in [3.63, 3.8) is 0 Å². The van der Waals surface area contributed by atoms with Crippen LogP contribution in [0.1, 0.15) is 74.0 Å². The smallest absolute Gasteiger partial charge is 0.407 e. The van der Waals surface area contributed by atoms with Crippen molar-refractivity contribution < 1.29 is 38.1 Å². The van der Waals surface area contributed by atoms with Crippen molar-refractivity contribution in [1.82, 2.24) is 40.4 Å². The summed E-state index contributed by atoms with van der Waals surface area (Å²) in [6, 6.07) is 21.6. The molecule has 2 saturated heterocycles. The first kappa shape index (κ1) is 42.0. The number of aromatic nitrogens is 4. The number of benzene rings is 4. The molecule has 4 amide bonds. The highest BCUT2D eigenvalue weighted by atomic mass is 16.5. The second kappa shape index (κ2) is 16.9. The first-order chi connectivity index (χ1) is 31.5. The second-order valence-electron chi connectivity index (χ2n) is 18.0. The lowest BCUT2D eigenvalue weighted by Crippen LogP contribution is -2.52. The molecule has 4 aromatic carbocycles. The number of methoxy groups -OCH3 is 3. The Labute approximate surface area is 375 Å². The lowest BCUT2D eigenvalue weighted by molar-refractivity contribution is -0.137. The molecule has 0 radical (unpaired) electrons. The third kappa shape index (κ3) is 7.68. The lowest BCUT2D eigenvalue weighted by atomic mass is 9.92. The predicted octanol–water partition coefficient (Wildman–Crippen LogP) is 7.34. The summed E-state index contributed by atoms with van der Waals surface area (Å²) in [5.41, 5.74) is 7.14. The molecule has 336 valence electrons. The van der Waals surface area contributed by atoms with Crippen LogP contribution in [0.2, 0.25) is 0 Å². The second-order valence-corrected chi connectivity index (χ2v) is 18.0. The Hall–Kier alpha value is -6.94. The molecule has 4 aliphatic rings. The normalized spacial score (nSPS) is 21.6.